The fourth-order valence-electron chi connectivity index (χ4n) is 5.70. The largest absolute Gasteiger partial charge is 0.490 e. The van der Waals surface area contributed by atoms with Crippen molar-refractivity contribution in [2.45, 2.75) is 77.2 Å². The minimum Gasteiger partial charge on any atom is -0.490 e. The van der Waals surface area contributed by atoms with Gasteiger partial charge in [-0.1, -0.05) is 38.1 Å². The normalized spacial score (nSPS) is 20.8. The Labute approximate surface area is 253 Å². The van der Waals surface area contributed by atoms with Crippen LogP contribution in [0.2, 0.25) is 0 Å². The Kier molecular flexibility index (Phi) is 7.71. The molecule has 1 N–H and O–H groups in total. The molecule has 0 bridgehead atoms. The maximum absolute atomic E-state index is 12.0. The van der Waals surface area contributed by atoms with Gasteiger partial charge >= 0.3 is 6.09 Å². The van der Waals surface area contributed by atoms with Crippen molar-refractivity contribution in [1.82, 2.24) is 15.3 Å². The second-order valence-corrected chi connectivity index (χ2v) is 13.8. The Hall–Kier alpha value is -3.85. The van der Waals surface area contributed by atoms with Crippen LogP contribution in [0.4, 0.5) is 10.7 Å². The summed E-state index contributed by atoms with van der Waals surface area (Å²) >= 11 is 0. The number of hydrogen-bond donors (Lipinski definition) is 1. The van der Waals surface area contributed by atoms with Gasteiger partial charge in [0.05, 0.1) is 18.6 Å². The number of nitrogens with zero attached hydrogens (tertiary/aromatic N) is 3. The molecule has 3 aliphatic rings. The Morgan fingerprint density at radius 2 is 1.49 bits per heavy atom. The first-order valence-corrected chi connectivity index (χ1v) is 15.1. The lowest BCUT2D eigenvalue weighted by molar-refractivity contribution is -0.127. The number of hydrogen-bond acceptors (Lipinski definition) is 8. The highest BCUT2D eigenvalue weighted by Crippen LogP contribution is 2.39. The number of ether oxygens (including phenoxy) is 4. The third-order valence-corrected chi connectivity index (χ3v) is 8.51. The van der Waals surface area contributed by atoms with E-state index >= 15 is 0 Å². The maximum atomic E-state index is 12.0. The Bertz CT molecular complexity index is 1400. The van der Waals surface area contributed by atoms with Gasteiger partial charge in [-0.3, -0.25) is 0 Å². The predicted octanol–water partition coefficient (Wildman–Crippen LogP) is 5.65. The highest BCUT2D eigenvalue weighted by atomic mass is 16.6. The maximum Gasteiger partial charge on any atom is 0.407 e. The topological polar surface area (TPSA) is 95.0 Å². The van der Waals surface area contributed by atoms with Crippen LogP contribution in [0, 0.1) is 5.41 Å². The van der Waals surface area contributed by atoms with E-state index in [1.807, 2.05) is 57.4 Å². The summed E-state index contributed by atoms with van der Waals surface area (Å²) in [6.07, 6.45) is 4.68. The van der Waals surface area contributed by atoms with E-state index in [1.165, 1.54) is 11.1 Å². The van der Waals surface area contributed by atoms with Crippen LogP contribution in [0.25, 0.3) is 0 Å². The van der Waals surface area contributed by atoms with Crippen molar-refractivity contribution < 1.29 is 23.7 Å². The molecular formula is C34H42N4O5. The fraction of sp³-hybridized carbons (Fsp3) is 0.500. The van der Waals surface area contributed by atoms with E-state index in [1.54, 1.807) is 0 Å². The van der Waals surface area contributed by atoms with Crippen molar-refractivity contribution in [3.05, 3.63) is 77.6 Å². The average Bonchev–Trinajstić information content (AvgIpc) is 2.89. The lowest BCUT2D eigenvalue weighted by Gasteiger charge is -2.54. The SMILES string of the molecule is CC(C)(C)NC(=O)OC1CC(Oc2ccc(C(C)(C)c3ccc(OCc4cnc(N5CC6(COC6)C5)nc4)cc3)cc2)C1. The molecule has 1 amide bonds. The summed E-state index contributed by atoms with van der Waals surface area (Å²) in [6, 6.07) is 16.5. The standard InChI is InChI=1S/C34H42N4O5/c1-32(2,3)37-31(39)43-29-14-28(15-29)42-27-12-8-25(9-13-27)33(4,5)24-6-10-26(11-7-24)41-18-23-16-35-30(36-17-23)38-19-34(20-38)21-40-22-34/h6-13,16-17,28-29H,14-15,18-22H2,1-5H3,(H,37,39). The molecule has 3 heterocycles. The molecule has 6 rings (SSSR count). The molecule has 1 spiro atoms. The molecule has 1 saturated carbocycles. The third kappa shape index (κ3) is 6.72. The molecular weight excluding hydrogens is 544 g/mol. The van der Waals surface area contributed by atoms with Crippen molar-refractivity contribution >= 4 is 12.0 Å². The van der Waals surface area contributed by atoms with Gasteiger partial charge in [-0.05, 0) is 56.2 Å². The second kappa shape index (κ2) is 11.3. The van der Waals surface area contributed by atoms with E-state index in [0.29, 0.717) is 24.9 Å². The van der Waals surface area contributed by atoms with Gasteiger partial charge in [0.25, 0.3) is 0 Å². The van der Waals surface area contributed by atoms with E-state index in [-0.39, 0.29) is 29.3 Å². The van der Waals surface area contributed by atoms with Crippen LogP contribution in [0.3, 0.4) is 0 Å². The zero-order valence-electron chi connectivity index (χ0n) is 25.8. The van der Waals surface area contributed by atoms with Gasteiger partial charge in [0.2, 0.25) is 5.95 Å². The number of anilines is 1. The first kappa shape index (κ1) is 29.2. The molecule has 43 heavy (non-hydrogen) atoms. The number of carbonyl (C=O) groups excluding carboxylic acids is 1. The lowest BCUT2D eigenvalue weighted by atomic mass is 9.78. The minimum absolute atomic E-state index is 0.0545. The second-order valence-electron chi connectivity index (χ2n) is 13.8. The average molecular weight is 587 g/mol. The van der Waals surface area contributed by atoms with Gasteiger partial charge in [0, 0.05) is 54.8 Å². The zero-order valence-corrected chi connectivity index (χ0v) is 25.8. The molecule has 228 valence electrons. The molecule has 0 unspecified atom stereocenters. The van der Waals surface area contributed by atoms with Crippen LogP contribution in [-0.4, -0.2) is 60.1 Å². The lowest BCUT2D eigenvalue weighted by Crippen LogP contribution is -2.66. The molecule has 3 fully saturated rings. The molecule has 9 nitrogen and oxygen atoms in total. The number of rotatable bonds is 9. The quantitative estimate of drug-likeness (QED) is 0.344. The number of alkyl carbamates (subject to hydrolysis) is 1. The predicted molar refractivity (Wildman–Crippen MR) is 164 cm³/mol. The Morgan fingerprint density at radius 1 is 0.907 bits per heavy atom. The summed E-state index contributed by atoms with van der Waals surface area (Å²) in [7, 11) is 0. The summed E-state index contributed by atoms with van der Waals surface area (Å²) < 4.78 is 23.0. The van der Waals surface area contributed by atoms with Gasteiger partial charge in [-0.2, -0.15) is 0 Å². The van der Waals surface area contributed by atoms with Gasteiger partial charge < -0.3 is 29.2 Å². The third-order valence-electron chi connectivity index (χ3n) is 8.51. The van der Waals surface area contributed by atoms with Gasteiger partial charge in [0.1, 0.15) is 30.3 Å². The van der Waals surface area contributed by atoms with E-state index < -0.39 is 0 Å². The van der Waals surface area contributed by atoms with Crippen LogP contribution in [0.1, 0.15) is 64.2 Å². The van der Waals surface area contributed by atoms with Crippen molar-refractivity contribution in [3.8, 4) is 11.5 Å². The zero-order chi connectivity index (χ0) is 30.2. The molecule has 0 atom stereocenters. The summed E-state index contributed by atoms with van der Waals surface area (Å²) in [5.41, 5.74) is 3.16. The fourth-order valence-corrected chi connectivity index (χ4v) is 5.70. The molecule has 3 aromatic rings. The van der Waals surface area contributed by atoms with Crippen molar-refractivity contribution in [3.63, 3.8) is 0 Å². The minimum atomic E-state index is -0.373. The molecule has 1 aromatic heterocycles. The number of aromatic nitrogens is 2. The van der Waals surface area contributed by atoms with Gasteiger partial charge in [0.15, 0.2) is 0 Å². The van der Waals surface area contributed by atoms with E-state index in [2.05, 4.69) is 58.3 Å². The molecule has 2 saturated heterocycles. The molecule has 2 aromatic carbocycles. The van der Waals surface area contributed by atoms with Crippen LogP contribution < -0.4 is 19.7 Å². The first-order chi connectivity index (χ1) is 20.5. The number of nitrogens with one attached hydrogen (secondary N) is 1. The van der Waals surface area contributed by atoms with Crippen molar-refractivity contribution in [2.24, 2.45) is 5.41 Å². The van der Waals surface area contributed by atoms with Crippen LogP contribution in [-0.2, 0) is 21.5 Å². The molecule has 9 heteroatoms. The number of benzene rings is 2. The molecule has 0 radical (unpaired) electrons. The van der Waals surface area contributed by atoms with E-state index in [4.69, 9.17) is 18.9 Å². The van der Waals surface area contributed by atoms with E-state index in [0.717, 1.165) is 49.3 Å². The molecule has 2 aliphatic heterocycles. The molecule has 1 aliphatic carbocycles. The highest BCUT2D eigenvalue weighted by molar-refractivity contribution is 5.68. The monoisotopic (exact) mass is 586 g/mol. The van der Waals surface area contributed by atoms with Gasteiger partial charge in [-0.25, -0.2) is 14.8 Å². The summed E-state index contributed by atoms with van der Waals surface area (Å²) in [5.74, 6) is 2.40. The van der Waals surface area contributed by atoms with Crippen molar-refractivity contribution in [1.29, 1.82) is 0 Å². The summed E-state index contributed by atoms with van der Waals surface area (Å²) in [5, 5.41) is 2.83. The summed E-state index contributed by atoms with van der Waals surface area (Å²) in [6.45, 7) is 14.3. The van der Waals surface area contributed by atoms with Crippen LogP contribution >= 0.6 is 0 Å². The van der Waals surface area contributed by atoms with Crippen LogP contribution in [0.5, 0.6) is 11.5 Å². The number of amides is 1. The first-order valence-electron chi connectivity index (χ1n) is 15.1. The Balaban J connectivity index is 0.960. The van der Waals surface area contributed by atoms with E-state index in [9.17, 15) is 4.79 Å². The summed E-state index contributed by atoms with van der Waals surface area (Å²) in [4.78, 5) is 23.2. The smallest absolute Gasteiger partial charge is 0.407 e. The Morgan fingerprint density at radius 3 is 2.02 bits per heavy atom. The highest BCUT2D eigenvalue weighted by Gasteiger charge is 2.49. The van der Waals surface area contributed by atoms with Crippen molar-refractivity contribution in [2.75, 3.05) is 31.2 Å². The van der Waals surface area contributed by atoms with Crippen LogP contribution in [0.15, 0.2) is 60.9 Å². The number of carbonyl (C=O) groups is 1. The van der Waals surface area contributed by atoms with Gasteiger partial charge in [-0.15, -0.1) is 0 Å².